The van der Waals surface area contributed by atoms with Crippen molar-refractivity contribution in [1.82, 2.24) is 10.2 Å². The minimum Gasteiger partial charge on any atom is -0.268 e. The first-order valence-corrected chi connectivity index (χ1v) is 2.97. The van der Waals surface area contributed by atoms with E-state index in [1.165, 1.54) is 6.07 Å². The molecular formula is C7H8N2O. The monoisotopic (exact) mass is 136 g/mol. The molecule has 1 aromatic rings. The molecular weight excluding hydrogens is 128 g/mol. The molecule has 3 heteroatoms. The van der Waals surface area contributed by atoms with E-state index in [0.29, 0.717) is 6.42 Å². The molecule has 10 heavy (non-hydrogen) atoms. The molecule has 1 aromatic heterocycles. The van der Waals surface area contributed by atoms with Gasteiger partial charge < -0.3 is 0 Å². The quantitative estimate of drug-likeness (QED) is 0.602. The zero-order valence-electron chi connectivity index (χ0n) is 5.50. The summed E-state index contributed by atoms with van der Waals surface area (Å²) in [5.74, 6) is 0. The average Bonchev–Trinajstić information content (AvgIpc) is 1.88. The molecule has 3 nitrogen and oxygen atoms in total. The van der Waals surface area contributed by atoms with Gasteiger partial charge in [0, 0.05) is 6.07 Å². The van der Waals surface area contributed by atoms with Crippen molar-refractivity contribution in [2.75, 3.05) is 0 Å². The van der Waals surface area contributed by atoms with Crippen LogP contribution in [-0.2, 0) is 6.42 Å². The third-order valence-electron chi connectivity index (χ3n) is 1.10. The highest BCUT2D eigenvalue weighted by atomic mass is 16.1. The van der Waals surface area contributed by atoms with Crippen LogP contribution < -0.4 is 5.56 Å². The molecule has 0 aliphatic carbocycles. The predicted molar refractivity (Wildman–Crippen MR) is 38.8 cm³/mol. The molecule has 1 rings (SSSR count). The summed E-state index contributed by atoms with van der Waals surface area (Å²) in [4.78, 5) is 10.6. The van der Waals surface area contributed by atoms with Crippen LogP contribution in [0.2, 0.25) is 0 Å². The van der Waals surface area contributed by atoms with Gasteiger partial charge in [0.15, 0.2) is 0 Å². The van der Waals surface area contributed by atoms with E-state index in [0.717, 1.165) is 5.56 Å². The number of aromatic amines is 1. The molecule has 52 valence electrons. The zero-order chi connectivity index (χ0) is 7.40. The number of nitrogens with zero attached hydrogens (tertiary/aromatic N) is 1. The van der Waals surface area contributed by atoms with Crippen LogP contribution in [0.3, 0.4) is 0 Å². The van der Waals surface area contributed by atoms with Gasteiger partial charge in [-0.2, -0.15) is 5.10 Å². The Morgan fingerprint density at radius 1 is 1.80 bits per heavy atom. The Kier molecular flexibility index (Phi) is 1.99. The number of hydrogen-bond donors (Lipinski definition) is 1. The second-order valence-electron chi connectivity index (χ2n) is 1.95. The van der Waals surface area contributed by atoms with Crippen LogP contribution in [0.15, 0.2) is 29.7 Å². The van der Waals surface area contributed by atoms with Crippen molar-refractivity contribution >= 4 is 0 Å². The van der Waals surface area contributed by atoms with Gasteiger partial charge in [0.25, 0.3) is 5.56 Å². The normalized spacial score (nSPS) is 9.20. The molecule has 1 N–H and O–H groups in total. The second kappa shape index (κ2) is 2.96. The van der Waals surface area contributed by atoms with Crippen LogP contribution >= 0.6 is 0 Å². The van der Waals surface area contributed by atoms with E-state index >= 15 is 0 Å². The SMILES string of the molecule is C=CCc1cn[nH]c(=O)c1. The van der Waals surface area contributed by atoms with Gasteiger partial charge in [-0.25, -0.2) is 5.10 Å². The number of nitrogens with one attached hydrogen (secondary N) is 1. The number of aromatic nitrogens is 2. The lowest BCUT2D eigenvalue weighted by atomic mass is 10.2. The van der Waals surface area contributed by atoms with Crippen LogP contribution in [0.4, 0.5) is 0 Å². The van der Waals surface area contributed by atoms with Crippen LogP contribution in [-0.4, -0.2) is 10.2 Å². The average molecular weight is 136 g/mol. The molecule has 0 aliphatic rings. The van der Waals surface area contributed by atoms with Gasteiger partial charge in [-0.05, 0) is 12.0 Å². The summed E-state index contributed by atoms with van der Waals surface area (Å²) in [6.45, 7) is 3.55. The number of allylic oxidation sites excluding steroid dienone is 1. The smallest absolute Gasteiger partial charge is 0.264 e. The highest BCUT2D eigenvalue weighted by Gasteiger charge is 1.88. The molecule has 0 aromatic carbocycles. The molecule has 0 spiro atoms. The lowest BCUT2D eigenvalue weighted by Gasteiger charge is -1.90. The highest BCUT2D eigenvalue weighted by molar-refractivity contribution is 5.08. The molecule has 0 saturated heterocycles. The van der Waals surface area contributed by atoms with Gasteiger partial charge in [-0.15, -0.1) is 6.58 Å². The Bertz CT molecular complexity index is 277. The largest absolute Gasteiger partial charge is 0.268 e. The van der Waals surface area contributed by atoms with Gasteiger partial charge in [-0.3, -0.25) is 4.79 Å². The third kappa shape index (κ3) is 1.55. The molecule has 0 radical (unpaired) electrons. The zero-order valence-corrected chi connectivity index (χ0v) is 5.50. The molecule has 0 bridgehead atoms. The van der Waals surface area contributed by atoms with E-state index in [4.69, 9.17) is 0 Å². The summed E-state index contributed by atoms with van der Waals surface area (Å²) in [5.41, 5.74) is 0.720. The van der Waals surface area contributed by atoms with Crippen LogP contribution in [0, 0.1) is 0 Å². The molecule has 0 fully saturated rings. The maximum absolute atomic E-state index is 10.6. The first-order valence-electron chi connectivity index (χ1n) is 2.97. The van der Waals surface area contributed by atoms with Gasteiger partial charge in [0.1, 0.15) is 0 Å². The maximum atomic E-state index is 10.6. The van der Waals surface area contributed by atoms with Crippen LogP contribution in [0.25, 0.3) is 0 Å². The van der Waals surface area contributed by atoms with E-state index in [1.807, 2.05) is 0 Å². The number of hydrogen-bond acceptors (Lipinski definition) is 2. The van der Waals surface area contributed by atoms with Crippen molar-refractivity contribution in [2.45, 2.75) is 6.42 Å². The molecule has 0 amide bonds. The van der Waals surface area contributed by atoms with Crippen molar-refractivity contribution in [3.05, 3.63) is 40.8 Å². The molecule has 0 saturated carbocycles. The van der Waals surface area contributed by atoms with Crippen molar-refractivity contribution in [3.8, 4) is 0 Å². The Morgan fingerprint density at radius 3 is 3.20 bits per heavy atom. The minimum atomic E-state index is -0.167. The standard InChI is InChI=1S/C7H8N2O/c1-2-3-6-4-7(10)9-8-5-6/h2,4-5H,1,3H2,(H,9,10). The van der Waals surface area contributed by atoms with E-state index in [2.05, 4.69) is 16.8 Å². The summed E-state index contributed by atoms with van der Waals surface area (Å²) in [5, 5.41) is 5.91. The Hall–Kier alpha value is -1.38. The summed E-state index contributed by atoms with van der Waals surface area (Å²) in [7, 11) is 0. The van der Waals surface area contributed by atoms with Crippen molar-refractivity contribution in [1.29, 1.82) is 0 Å². The first-order chi connectivity index (χ1) is 4.83. The van der Waals surface area contributed by atoms with Crippen molar-refractivity contribution < 1.29 is 0 Å². The summed E-state index contributed by atoms with van der Waals surface area (Å²) in [6.07, 6.45) is 4.04. The van der Waals surface area contributed by atoms with E-state index in [-0.39, 0.29) is 5.56 Å². The van der Waals surface area contributed by atoms with E-state index in [9.17, 15) is 4.79 Å². The van der Waals surface area contributed by atoms with E-state index in [1.54, 1.807) is 12.3 Å². The Balaban J connectivity index is 2.95. The fourth-order valence-corrected chi connectivity index (χ4v) is 0.695. The first kappa shape index (κ1) is 6.74. The Morgan fingerprint density at radius 2 is 2.60 bits per heavy atom. The lowest BCUT2D eigenvalue weighted by Crippen LogP contribution is -2.06. The minimum absolute atomic E-state index is 0.167. The number of rotatable bonds is 2. The third-order valence-corrected chi connectivity index (χ3v) is 1.10. The van der Waals surface area contributed by atoms with E-state index < -0.39 is 0 Å². The lowest BCUT2D eigenvalue weighted by molar-refractivity contribution is 0.962. The summed E-state index contributed by atoms with van der Waals surface area (Å²) >= 11 is 0. The predicted octanol–water partition coefficient (Wildman–Crippen LogP) is 0.498. The fraction of sp³-hybridized carbons (Fsp3) is 0.143. The summed E-state index contributed by atoms with van der Waals surface area (Å²) < 4.78 is 0. The molecule has 0 atom stereocenters. The molecule has 0 aliphatic heterocycles. The van der Waals surface area contributed by atoms with Gasteiger partial charge in [0.2, 0.25) is 0 Å². The molecule has 1 heterocycles. The number of H-pyrrole nitrogens is 1. The molecule has 0 unspecified atom stereocenters. The second-order valence-corrected chi connectivity index (χ2v) is 1.95. The van der Waals surface area contributed by atoms with Crippen molar-refractivity contribution in [3.63, 3.8) is 0 Å². The van der Waals surface area contributed by atoms with Crippen molar-refractivity contribution in [2.24, 2.45) is 0 Å². The van der Waals surface area contributed by atoms with Gasteiger partial charge >= 0.3 is 0 Å². The van der Waals surface area contributed by atoms with Gasteiger partial charge in [-0.1, -0.05) is 6.08 Å². The maximum Gasteiger partial charge on any atom is 0.264 e. The van der Waals surface area contributed by atoms with Crippen LogP contribution in [0.5, 0.6) is 0 Å². The highest BCUT2D eigenvalue weighted by Crippen LogP contribution is 1.91. The van der Waals surface area contributed by atoms with Crippen LogP contribution in [0.1, 0.15) is 5.56 Å². The summed E-state index contributed by atoms with van der Waals surface area (Å²) in [6, 6.07) is 1.51. The van der Waals surface area contributed by atoms with Gasteiger partial charge in [0.05, 0.1) is 6.20 Å². The topological polar surface area (TPSA) is 45.8 Å². The Labute approximate surface area is 58.4 Å². The fourth-order valence-electron chi connectivity index (χ4n) is 0.695.